The van der Waals surface area contributed by atoms with Crippen molar-refractivity contribution in [1.82, 2.24) is 0 Å². The fourth-order valence-corrected chi connectivity index (χ4v) is 0.914. The number of benzene rings is 1. The zero-order valence-electron chi connectivity index (χ0n) is 6.41. The molecule has 0 bridgehead atoms. The summed E-state index contributed by atoms with van der Waals surface area (Å²) in [6, 6.07) is 3.09. The summed E-state index contributed by atoms with van der Waals surface area (Å²) >= 11 is 0. The molecule has 0 amide bonds. The number of nitrogens with zero attached hydrogens (tertiary/aromatic N) is 1. The average Bonchev–Trinajstić information content (AvgIpc) is 2.03. The molecule has 0 spiro atoms. The monoisotopic (exact) mass is 188 g/mol. The Balaban J connectivity index is 3.26. The lowest BCUT2D eigenvalue weighted by Gasteiger charge is -2.01. The van der Waals surface area contributed by atoms with Gasteiger partial charge in [0.15, 0.2) is 0 Å². The van der Waals surface area contributed by atoms with Gasteiger partial charge in [0.25, 0.3) is 12.1 Å². The molecule has 0 aliphatic carbocycles. The maximum absolute atomic E-state index is 12.2. The van der Waals surface area contributed by atoms with Crippen LogP contribution in [0.3, 0.4) is 0 Å². The predicted molar refractivity (Wildman–Crippen MR) is 42.5 cm³/mol. The van der Waals surface area contributed by atoms with Crippen LogP contribution < -0.4 is 5.73 Å². The Labute approximate surface area is 72.1 Å². The van der Waals surface area contributed by atoms with Gasteiger partial charge in [0.1, 0.15) is 0 Å². The molecule has 6 heteroatoms. The van der Waals surface area contributed by atoms with Crippen LogP contribution in [0, 0.1) is 10.1 Å². The minimum atomic E-state index is -2.89. The average molecular weight is 188 g/mol. The number of nitro groups is 1. The largest absolute Gasteiger partial charge is 0.399 e. The van der Waals surface area contributed by atoms with Gasteiger partial charge in [0.2, 0.25) is 0 Å². The van der Waals surface area contributed by atoms with Crippen LogP contribution in [0.4, 0.5) is 20.2 Å². The SMILES string of the molecule is Nc1ccc([N+](=O)[O-])c(C(F)F)c1. The molecule has 0 aliphatic rings. The van der Waals surface area contributed by atoms with Crippen LogP contribution in [0.25, 0.3) is 0 Å². The smallest absolute Gasteiger partial charge is 0.278 e. The van der Waals surface area contributed by atoms with Gasteiger partial charge in [-0.05, 0) is 12.1 Å². The van der Waals surface area contributed by atoms with E-state index in [1.54, 1.807) is 0 Å². The summed E-state index contributed by atoms with van der Waals surface area (Å²) in [5, 5.41) is 10.3. The topological polar surface area (TPSA) is 69.2 Å². The molecule has 0 heterocycles. The van der Waals surface area contributed by atoms with Crippen LogP contribution in [0.2, 0.25) is 0 Å². The van der Waals surface area contributed by atoms with Gasteiger partial charge in [0, 0.05) is 11.8 Å². The first-order valence-electron chi connectivity index (χ1n) is 3.34. The van der Waals surface area contributed by atoms with E-state index in [-0.39, 0.29) is 5.69 Å². The van der Waals surface area contributed by atoms with Crippen molar-refractivity contribution in [3.8, 4) is 0 Å². The summed E-state index contributed by atoms with van der Waals surface area (Å²) in [7, 11) is 0. The van der Waals surface area contributed by atoms with Gasteiger partial charge in [-0.3, -0.25) is 10.1 Å². The van der Waals surface area contributed by atoms with E-state index in [4.69, 9.17) is 5.73 Å². The normalized spacial score (nSPS) is 10.4. The lowest BCUT2D eigenvalue weighted by atomic mass is 10.1. The van der Waals surface area contributed by atoms with Crippen molar-refractivity contribution >= 4 is 11.4 Å². The van der Waals surface area contributed by atoms with Gasteiger partial charge >= 0.3 is 0 Å². The van der Waals surface area contributed by atoms with Gasteiger partial charge in [0.05, 0.1) is 10.5 Å². The quantitative estimate of drug-likeness (QED) is 0.439. The van der Waals surface area contributed by atoms with Gasteiger partial charge in [-0.25, -0.2) is 8.78 Å². The standard InChI is InChI=1S/C7H6F2N2O2/c8-7(9)5-3-4(10)1-2-6(5)11(12)13/h1-3,7H,10H2. The van der Waals surface area contributed by atoms with Crippen molar-refractivity contribution in [2.45, 2.75) is 6.43 Å². The van der Waals surface area contributed by atoms with Crippen LogP contribution in [0.5, 0.6) is 0 Å². The third-order valence-electron chi connectivity index (χ3n) is 1.48. The van der Waals surface area contributed by atoms with Crippen LogP contribution in [0.15, 0.2) is 18.2 Å². The maximum Gasteiger partial charge on any atom is 0.278 e. The second-order valence-electron chi connectivity index (χ2n) is 2.38. The highest BCUT2D eigenvalue weighted by Gasteiger charge is 2.20. The first kappa shape index (κ1) is 9.37. The van der Waals surface area contributed by atoms with E-state index in [0.29, 0.717) is 0 Å². The van der Waals surface area contributed by atoms with E-state index in [1.807, 2.05) is 0 Å². The number of nitro benzene ring substituents is 1. The van der Waals surface area contributed by atoms with E-state index in [0.717, 1.165) is 12.1 Å². The van der Waals surface area contributed by atoms with Gasteiger partial charge in [-0.15, -0.1) is 0 Å². The Morgan fingerprint density at radius 2 is 2.08 bits per heavy atom. The highest BCUT2D eigenvalue weighted by molar-refractivity contribution is 5.51. The molecule has 70 valence electrons. The molecule has 1 rings (SSSR count). The van der Waals surface area contributed by atoms with Gasteiger partial charge in [-0.1, -0.05) is 0 Å². The van der Waals surface area contributed by atoms with E-state index in [9.17, 15) is 18.9 Å². The summed E-state index contributed by atoms with van der Waals surface area (Å²) in [4.78, 5) is 9.41. The Morgan fingerprint density at radius 3 is 2.54 bits per heavy atom. The van der Waals surface area contributed by atoms with Crippen LogP contribution in [-0.2, 0) is 0 Å². The molecule has 0 radical (unpaired) electrons. The fourth-order valence-electron chi connectivity index (χ4n) is 0.914. The summed E-state index contributed by atoms with van der Waals surface area (Å²) in [6.45, 7) is 0. The molecule has 1 aromatic carbocycles. The van der Waals surface area contributed by atoms with Crippen LogP contribution in [0.1, 0.15) is 12.0 Å². The van der Waals surface area contributed by atoms with Crippen molar-refractivity contribution in [1.29, 1.82) is 0 Å². The third-order valence-corrected chi connectivity index (χ3v) is 1.48. The van der Waals surface area contributed by atoms with Crippen molar-refractivity contribution in [2.24, 2.45) is 0 Å². The molecule has 0 unspecified atom stereocenters. The number of rotatable bonds is 2. The number of anilines is 1. The number of alkyl halides is 2. The Kier molecular flexibility index (Phi) is 2.41. The number of hydrogen-bond donors (Lipinski definition) is 1. The molecule has 13 heavy (non-hydrogen) atoms. The Hall–Kier alpha value is -1.72. The summed E-state index contributed by atoms with van der Waals surface area (Å²) in [5.74, 6) is 0. The third kappa shape index (κ3) is 1.90. The van der Waals surface area contributed by atoms with E-state index >= 15 is 0 Å². The van der Waals surface area contributed by atoms with Crippen molar-refractivity contribution in [2.75, 3.05) is 5.73 Å². The lowest BCUT2D eigenvalue weighted by Crippen LogP contribution is -1.97. The van der Waals surface area contributed by atoms with Crippen LogP contribution >= 0.6 is 0 Å². The molecule has 2 N–H and O–H groups in total. The number of halogens is 2. The van der Waals surface area contributed by atoms with Crippen molar-refractivity contribution in [3.63, 3.8) is 0 Å². The van der Waals surface area contributed by atoms with E-state index < -0.39 is 22.6 Å². The number of nitrogen functional groups attached to an aromatic ring is 1. The number of nitrogens with two attached hydrogens (primary N) is 1. The fraction of sp³-hybridized carbons (Fsp3) is 0.143. The predicted octanol–water partition coefficient (Wildman–Crippen LogP) is 2.11. The molecular weight excluding hydrogens is 182 g/mol. The molecule has 0 saturated carbocycles. The van der Waals surface area contributed by atoms with E-state index in [1.165, 1.54) is 6.07 Å². The number of hydrogen-bond acceptors (Lipinski definition) is 3. The second-order valence-corrected chi connectivity index (χ2v) is 2.38. The Bertz CT molecular complexity index is 341. The molecule has 0 fully saturated rings. The molecular formula is C7H6F2N2O2. The molecule has 1 aromatic rings. The highest BCUT2D eigenvalue weighted by atomic mass is 19.3. The first-order valence-corrected chi connectivity index (χ1v) is 3.34. The summed E-state index contributed by atoms with van der Waals surface area (Å²) < 4.78 is 24.4. The van der Waals surface area contributed by atoms with E-state index in [2.05, 4.69) is 0 Å². The molecule has 0 saturated heterocycles. The zero-order chi connectivity index (χ0) is 10.0. The zero-order valence-corrected chi connectivity index (χ0v) is 6.41. The first-order chi connectivity index (χ1) is 6.02. The summed E-state index contributed by atoms with van der Waals surface area (Å²) in [5.41, 5.74) is 4.04. The minimum absolute atomic E-state index is 0.0842. The lowest BCUT2D eigenvalue weighted by molar-refractivity contribution is -0.386. The van der Waals surface area contributed by atoms with Crippen molar-refractivity contribution in [3.05, 3.63) is 33.9 Å². The molecule has 0 aromatic heterocycles. The maximum atomic E-state index is 12.2. The van der Waals surface area contributed by atoms with Gasteiger partial charge in [-0.2, -0.15) is 0 Å². The van der Waals surface area contributed by atoms with Crippen LogP contribution in [-0.4, -0.2) is 4.92 Å². The molecule has 0 aliphatic heterocycles. The minimum Gasteiger partial charge on any atom is -0.399 e. The molecule has 0 atom stereocenters. The molecule has 4 nitrogen and oxygen atoms in total. The van der Waals surface area contributed by atoms with Gasteiger partial charge < -0.3 is 5.73 Å². The van der Waals surface area contributed by atoms with Crippen molar-refractivity contribution < 1.29 is 13.7 Å². The Morgan fingerprint density at radius 1 is 1.46 bits per heavy atom. The summed E-state index contributed by atoms with van der Waals surface area (Å²) in [6.07, 6.45) is -2.89. The second kappa shape index (κ2) is 3.34. The highest BCUT2D eigenvalue weighted by Crippen LogP contribution is 2.30.